The van der Waals surface area contributed by atoms with Gasteiger partial charge in [-0.05, 0) is 24.1 Å². The summed E-state index contributed by atoms with van der Waals surface area (Å²) in [4.78, 5) is 0. The maximum Gasteiger partial charge on any atom is 0.145 e. The molecule has 12 heavy (non-hydrogen) atoms. The Bertz CT molecular complexity index is 328. The van der Waals surface area contributed by atoms with Gasteiger partial charge in [-0.3, -0.25) is 0 Å². The van der Waals surface area contributed by atoms with E-state index in [0.29, 0.717) is 5.02 Å². The fourth-order valence-electron chi connectivity index (χ4n) is 0.841. The normalized spacial score (nSPS) is 12.2. The second kappa shape index (κ2) is 3.80. The summed E-state index contributed by atoms with van der Waals surface area (Å²) in [6, 6.07) is 7.31. The highest BCUT2D eigenvalue weighted by atomic mass is 35.5. The Kier molecular flexibility index (Phi) is 2.97. The molecule has 0 spiro atoms. The Balaban J connectivity index is 3.06. The van der Waals surface area contributed by atoms with Crippen molar-refractivity contribution >= 4 is 23.2 Å². The quantitative estimate of drug-likeness (QED) is 0.637. The predicted octanol–water partition coefficient (Wildman–Crippen LogP) is 3.45. The van der Waals surface area contributed by atoms with Gasteiger partial charge in [0.1, 0.15) is 5.38 Å². The summed E-state index contributed by atoms with van der Waals surface area (Å²) in [6.45, 7) is 1.90. The third-order valence-corrected chi connectivity index (χ3v) is 2.36. The highest BCUT2D eigenvalue weighted by Gasteiger charge is 2.06. The molecule has 3 heteroatoms. The van der Waals surface area contributed by atoms with E-state index in [1.807, 2.05) is 25.1 Å². The number of alkyl halides is 1. The third-order valence-electron chi connectivity index (χ3n) is 1.60. The van der Waals surface area contributed by atoms with Gasteiger partial charge < -0.3 is 0 Å². The van der Waals surface area contributed by atoms with Crippen molar-refractivity contribution in [2.24, 2.45) is 0 Å². The van der Waals surface area contributed by atoms with Crippen molar-refractivity contribution in [1.29, 1.82) is 5.26 Å². The zero-order valence-electron chi connectivity index (χ0n) is 6.51. The summed E-state index contributed by atoms with van der Waals surface area (Å²) in [5.41, 5.74) is 1.73. The molecule has 0 aliphatic rings. The Morgan fingerprint density at radius 3 is 2.67 bits per heavy atom. The lowest BCUT2D eigenvalue weighted by Gasteiger charge is -2.02. The first-order chi connectivity index (χ1) is 5.65. The topological polar surface area (TPSA) is 23.8 Å². The third kappa shape index (κ3) is 1.91. The van der Waals surface area contributed by atoms with Crippen LogP contribution in [0.4, 0.5) is 0 Å². The van der Waals surface area contributed by atoms with Crippen LogP contribution in [0.25, 0.3) is 0 Å². The van der Waals surface area contributed by atoms with Gasteiger partial charge in [0.15, 0.2) is 0 Å². The average Bonchev–Trinajstić information content (AvgIpc) is 2.08. The van der Waals surface area contributed by atoms with Gasteiger partial charge in [0.05, 0.1) is 6.07 Å². The largest absolute Gasteiger partial charge is 0.196 e. The summed E-state index contributed by atoms with van der Waals surface area (Å²) in [5, 5.41) is 8.56. The molecule has 0 aromatic heterocycles. The lowest BCUT2D eigenvalue weighted by molar-refractivity contribution is 1.20. The number of nitriles is 1. The van der Waals surface area contributed by atoms with Crippen LogP contribution in [-0.4, -0.2) is 0 Å². The van der Waals surface area contributed by atoms with Gasteiger partial charge in [-0.15, -0.1) is 11.6 Å². The first-order valence-electron chi connectivity index (χ1n) is 3.45. The lowest BCUT2D eigenvalue weighted by atomic mass is 10.1. The molecule has 1 aromatic rings. The molecule has 0 saturated carbocycles. The molecule has 1 unspecified atom stereocenters. The molecule has 1 nitrogen and oxygen atoms in total. The van der Waals surface area contributed by atoms with Crippen LogP contribution in [0.2, 0.25) is 5.02 Å². The summed E-state index contributed by atoms with van der Waals surface area (Å²) >= 11 is 11.5. The number of rotatable bonds is 1. The minimum atomic E-state index is -0.608. The second-order valence-electron chi connectivity index (χ2n) is 2.50. The van der Waals surface area contributed by atoms with E-state index in [9.17, 15) is 0 Å². The Hall–Kier alpha value is -0.710. The minimum Gasteiger partial charge on any atom is -0.196 e. The van der Waals surface area contributed by atoms with E-state index in [1.54, 1.807) is 6.07 Å². The standard InChI is InChI=1S/C9H7Cl2N/c1-6-2-3-7(4-8(6)10)9(11)5-12/h2-4,9H,1H3. The molecule has 1 atom stereocenters. The zero-order chi connectivity index (χ0) is 9.14. The van der Waals surface area contributed by atoms with Crippen molar-refractivity contribution in [3.05, 3.63) is 34.3 Å². The molecule has 0 saturated heterocycles. The highest BCUT2D eigenvalue weighted by molar-refractivity contribution is 6.31. The molecular weight excluding hydrogens is 193 g/mol. The lowest BCUT2D eigenvalue weighted by Crippen LogP contribution is -1.86. The number of nitrogens with zero attached hydrogens (tertiary/aromatic N) is 1. The van der Waals surface area contributed by atoms with Gasteiger partial charge in [0, 0.05) is 5.02 Å². The predicted molar refractivity (Wildman–Crippen MR) is 50.4 cm³/mol. The van der Waals surface area contributed by atoms with E-state index in [2.05, 4.69) is 0 Å². The Morgan fingerprint density at radius 1 is 1.50 bits per heavy atom. The zero-order valence-corrected chi connectivity index (χ0v) is 8.02. The van der Waals surface area contributed by atoms with Crippen molar-refractivity contribution in [3.8, 4) is 6.07 Å². The van der Waals surface area contributed by atoms with E-state index in [0.717, 1.165) is 11.1 Å². The summed E-state index contributed by atoms with van der Waals surface area (Å²) in [7, 11) is 0. The van der Waals surface area contributed by atoms with Crippen molar-refractivity contribution in [3.63, 3.8) is 0 Å². The molecule has 0 aliphatic carbocycles. The molecule has 0 N–H and O–H groups in total. The Labute approximate surface area is 81.5 Å². The number of hydrogen-bond donors (Lipinski definition) is 0. The monoisotopic (exact) mass is 199 g/mol. The van der Waals surface area contributed by atoms with Crippen LogP contribution in [0, 0.1) is 18.3 Å². The molecule has 0 amide bonds. The molecule has 0 aliphatic heterocycles. The van der Waals surface area contributed by atoms with Crippen LogP contribution >= 0.6 is 23.2 Å². The van der Waals surface area contributed by atoms with Gasteiger partial charge in [0.25, 0.3) is 0 Å². The SMILES string of the molecule is Cc1ccc(C(Cl)C#N)cc1Cl. The fraction of sp³-hybridized carbons (Fsp3) is 0.222. The summed E-state index contributed by atoms with van der Waals surface area (Å²) < 4.78 is 0. The van der Waals surface area contributed by atoms with Crippen molar-refractivity contribution in [2.75, 3.05) is 0 Å². The van der Waals surface area contributed by atoms with Gasteiger partial charge in [-0.2, -0.15) is 5.26 Å². The Morgan fingerprint density at radius 2 is 2.17 bits per heavy atom. The first-order valence-corrected chi connectivity index (χ1v) is 4.26. The second-order valence-corrected chi connectivity index (χ2v) is 3.34. The van der Waals surface area contributed by atoms with E-state index >= 15 is 0 Å². The van der Waals surface area contributed by atoms with Crippen LogP contribution in [-0.2, 0) is 0 Å². The number of aryl methyl sites for hydroxylation is 1. The maximum absolute atomic E-state index is 8.52. The number of halogens is 2. The maximum atomic E-state index is 8.52. The van der Waals surface area contributed by atoms with E-state index < -0.39 is 5.38 Å². The highest BCUT2D eigenvalue weighted by Crippen LogP contribution is 2.24. The van der Waals surface area contributed by atoms with Gasteiger partial charge >= 0.3 is 0 Å². The average molecular weight is 200 g/mol. The fourth-order valence-corrected chi connectivity index (χ4v) is 1.17. The van der Waals surface area contributed by atoms with E-state index in [-0.39, 0.29) is 0 Å². The molecule has 0 radical (unpaired) electrons. The molecule has 0 fully saturated rings. The number of benzene rings is 1. The van der Waals surface area contributed by atoms with Gasteiger partial charge in [0.2, 0.25) is 0 Å². The van der Waals surface area contributed by atoms with Crippen molar-refractivity contribution < 1.29 is 0 Å². The molecule has 0 bridgehead atoms. The molecule has 62 valence electrons. The smallest absolute Gasteiger partial charge is 0.145 e. The van der Waals surface area contributed by atoms with Crippen LogP contribution in [0.3, 0.4) is 0 Å². The van der Waals surface area contributed by atoms with Crippen LogP contribution in [0.1, 0.15) is 16.5 Å². The molecule has 1 aromatic carbocycles. The van der Waals surface area contributed by atoms with Gasteiger partial charge in [-0.1, -0.05) is 23.7 Å². The van der Waals surface area contributed by atoms with Crippen LogP contribution < -0.4 is 0 Å². The van der Waals surface area contributed by atoms with E-state index in [1.165, 1.54) is 0 Å². The van der Waals surface area contributed by atoms with Gasteiger partial charge in [-0.25, -0.2) is 0 Å². The minimum absolute atomic E-state index is 0.608. The first kappa shape index (κ1) is 9.38. The molecule has 1 rings (SSSR count). The molecule has 0 heterocycles. The summed E-state index contributed by atoms with van der Waals surface area (Å²) in [6.07, 6.45) is 0. The number of hydrogen-bond acceptors (Lipinski definition) is 1. The molecular formula is C9H7Cl2N. The summed E-state index contributed by atoms with van der Waals surface area (Å²) in [5.74, 6) is 0. The van der Waals surface area contributed by atoms with Crippen LogP contribution in [0.5, 0.6) is 0 Å². The van der Waals surface area contributed by atoms with Crippen LogP contribution in [0.15, 0.2) is 18.2 Å². The van der Waals surface area contributed by atoms with Crippen molar-refractivity contribution in [2.45, 2.75) is 12.3 Å². The van der Waals surface area contributed by atoms with E-state index in [4.69, 9.17) is 28.5 Å². The van der Waals surface area contributed by atoms with Crippen molar-refractivity contribution in [1.82, 2.24) is 0 Å².